The smallest absolute Gasteiger partial charge is 0.314 e. The van der Waals surface area contributed by atoms with Gasteiger partial charge in [-0.15, -0.1) is 0 Å². The van der Waals surface area contributed by atoms with Crippen molar-refractivity contribution in [3.05, 3.63) is 107 Å². The van der Waals surface area contributed by atoms with Gasteiger partial charge in [0.25, 0.3) is 0 Å². The van der Waals surface area contributed by atoms with Gasteiger partial charge < -0.3 is 9.63 Å². The Balaban J connectivity index is 1.31. The largest absolute Gasteiger partial charge is 0.481 e. The molecule has 0 bridgehead atoms. The number of rotatable bonds is 8. The van der Waals surface area contributed by atoms with Gasteiger partial charge in [0.1, 0.15) is 0 Å². The second-order valence-corrected chi connectivity index (χ2v) is 9.50. The van der Waals surface area contributed by atoms with Crippen molar-refractivity contribution < 1.29 is 14.4 Å². The average molecular weight is 464 g/mol. The number of aryl methyl sites for hydroxylation is 1. The molecule has 1 N–H and O–H groups in total. The molecule has 1 fully saturated rings. The zero-order valence-corrected chi connectivity index (χ0v) is 20.1. The van der Waals surface area contributed by atoms with Crippen LogP contribution in [0.4, 0.5) is 0 Å². The summed E-state index contributed by atoms with van der Waals surface area (Å²) in [7, 11) is 0. The van der Waals surface area contributed by atoms with Gasteiger partial charge in [0.15, 0.2) is 5.76 Å². The first-order valence-electron chi connectivity index (χ1n) is 12.1. The Hall–Kier alpha value is -3.92. The molecule has 4 nitrogen and oxygen atoms in total. The molecule has 3 aromatic carbocycles. The SMILES string of the molecule is Cc1noc(-c2ccc(-c3ccc(C4(C(=O)O)CC4)cc3)cc2)c1/C=C\CC(C)c1ccccc1. The maximum atomic E-state index is 11.6. The van der Waals surface area contributed by atoms with Gasteiger partial charge in [-0.05, 0) is 54.4 Å². The zero-order chi connectivity index (χ0) is 24.4. The molecule has 4 heteroatoms. The monoisotopic (exact) mass is 463 g/mol. The molecule has 1 heterocycles. The van der Waals surface area contributed by atoms with E-state index in [0.717, 1.165) is 58.5 Å². The van der Waals surface area contributed by atoms with Gasteiger partial charge in [0.2, 0.25) is 0 Å². The summed E-state index contributed by atoms with van der Waals surface area (Å²) in [5, 5.41) is 13.7. The van der Waals surface area contributed by atoms with Crippen LogP contribution in [0.5, 0.6) is 0 Å². The highest BCUT2D eigenvalue weighted by molar-refractivity contribution is 5.85. The van der Waals surface area contributed by atoms with Crippen molar-refractivity contribution in [2.45, 2.75) is 44.4 Å². The molecule has 1 aromatic heterocycles. The minimum Gasteiger partial charge on any atom is -0.481 e. The summed E-state index contributed by atoms with van der Waals surface area (Å²) in [5.41, 5.74) is 6.54. The van der Waals surface area contributed by atoms with Gasteiger partial charge >= 0.3 is 5.97 Å². The van der Waals surface area contributed by atoms with Crippen LogP contribution in [0.1, 0.15) is 54.5 Å². The number of aromatic nitrogens is 1. The number of benzene rings is 3. The highest BCUT2D eigenvalue weighted by atomic mass is 16.5. The molecule has 1 aliphatic carbocycles. The Labute approximate surface area is 205 Å². The first kappa shape index (κ1) is 22.9. The predicted molar refractivity (Wildman–Crippen MR) is 139 cm³/mol. The molecule has 0 radical (unpaired) electrons. The second kappa shape index (κ2) is 9.38. The van der Waals surface area contributed by atoms with Gasteiger partial charge in [0.05, 0.1) is 11.1 Å². The fourth-order valence-corrected chi connectivity index (χ4v) is 4.64. The molecule has 5 rings (SSSR count). The lowest BCUT2D eigenvalue weighted by atomic mass is 9.93. The molecule has 1 unspecified atom stereocenters. The summed E-state index contributed by atoms with van der Waals surface area (Å²) < 4.78 is 5.69. The molecule has 1 aliphatic rings. The van der Waals surface area contributed by atoms with Crippen LogP contribution in [0, 0.1) is 6.92 Å². The average Bonchev–Trinajstić information content (AvgIpc) is 3.63. The molecule has 0 aliphatic heterocycles. The van der Waals surface area contributed by atoms with Crippen LogP contribution in [0.2, 0.25) is 0 Å². The van der Waals surface area contributed by atoms with E-state index in [2.05, 4.69) is 60.6 Å². The van der Waals surface area contributed by atoms with E-state index >= 15 is 0 Å². The molecule has 0 amide bonds. The van der Waals surface area contributed by atoms with Crippen LogP contribution in [0.15, 0.2) is 89.5 Å². The number of carbonyl (C=O) groups is 1. The molecule has 176 valence electrons. The van der Waals surface area contributed by atoms with Gasteiger partial charge in [0, 0.05) is 11.1 Å². The van der Waals surface area contributed by atoms with Gasteiger partial charge in [-0.1, -0.05) is 103 Å². The van der Waals surface area contributed by atoms with Crippen LogP contribution in [-0.4, -0.2) is 16.2 Å². The van der Waals surface area contributed by atoms with Crippen LogP contribution in [-0.2, 0) is 10.2 Å². The van der Waals surface area contributed by atoms with Crippen LogP contribution >= 0.6 is 0 Å². The van der Waals surface area contributed by atoms with E-state index in [-0.39, 0.29) is 0 Å². The van der Waals surface area contributed by atoms with E-state index in [1.807, 2.05) is 49.4 Å². The van der Waals surface area contributed by atoms with Crippen LogP contribution in [0.3, 0.4) is 0 Å². The third-order valence-corrected chi connectivity index (χ3v) is 7.13. The summed E-state index contributed by atoms with van der Waals surface area (Å²) in [5.74, 6) is 0.480. The highest BCUT2D eigenvalue weighted by Gasteiger charge is 2.51. The zero-order valence-electron chi connectivity index (χ0n) is 20.1. The van der Waals surface area contributed by atoms with Crippen molar-refractivity contribution >= 4 is 12.0 Å². The Morgan fingerprint density at radius 2 is 1.57 bits per heavy atom. The quantitative estimate of drug-likeness (QED) is 0.292. The highest BCUT2D eigenvalue weighted by Crippen LogP contribution is 2.48. The summed E-state index contributed by atoms with van der Waals surface area (Å²) in [6, 6.07) is 26.7. The number of allylic oxidation sites excluding steroid dienone is 1. The third kappa shape index (κ3) is 4.57. The molecular weight excluding hydrogens is 434 g/mol. The van der Waals surface area contributed by atoms with E-state index in [4.69, 9.17) is 4.52 Å². The first-order valence-corrected chi connectivity index (χ1v) is 12.1. The minimum absolute atomic E-state index is 0.437. The summed E-state index contributed by atoms with van der Waals surface area (Å²) in [6.45, 7) is 4.20. The normalized spacial score (nSPS) is 15.3. The molecular formula is C31H29NO3. The maximum absolute atomic E-state index is 11.6. The van der Waals surface area contributed by atoms with E-state index < -0.39 is 11.4 Å². The van der Waals surface area contributed by atoms with Crippen molar-refractivity contribution in [2.24, 2.45) is 0 Å². The Bertz CT molecular complexity index is 1340. The standard InChI is InChI=1S/C31H29NO3/c1-21(23-8-4-3-5-9-23)7-6-10-28-22(2)32-35-29(28)26-13-11-24(12-14-26)25-15-17-27(18-16-25)31(19-20-31)30(33)34/h3-6,8-18,21H,7,19-20H2,1-2H3,(H,33,34)/b10-6-. The van der Waals surface area contributed by atoms with Gasteiger partial charge in [-0.25, -0.2) is 0 Å². The van der Waals surface area contributed by atoms with Crippen molar-refractivity contribution in [3.8, 4) is 22.5 Å². The van der Waals surface area contributed by atoms with Crippen molar-refractivity contribution in [1.82, 2.24) is 5.16 Å². The first-order chi connectivity index (χ1) is 17.0. The topological polar surface area (TPSA) is 63.3 Å². The lowest BCUT2D eigenvalue weighted by Crippen LogP contribution is -2.19. The maximum Gasteiger partial charge on any atom is 0.314 e. The fourth-order valence-electron chi connectivity index (χ4n) is 4.64. The second-order valence-electron chi connectivity index (χ2n) is 9.50. The van der Waals surface area contributed by atoms with Crippen molar-refractivity contribution in [2.75, 3.05) is 0 Å². The predicted octanol–water partition coefficient (Wildman–Crippen LogP) is 7.64. The third-order valence-electron chi connectivity index (χ3n) is 7.13. The van der Waals surface area contributed by atoms with Crippen LogP contribution in [0.25, 0.3) is 28.5 Å². The Morgan fingerprint density at radius 3 is 2.17 bits per heavy atom. The number of hydrogen-bond acceptors (Lipinski definition) is 3. The van der Waals surface area contributed by atoms with E-state index in [9.17, 15) is 9.90 Å². The van der Waals surface area contributed by atoms with Gasteiger partial charge in [-0.2, -0.15) is 0 Å². The van der Waals surface area contributed by atoms with Gasteiger partial charge in [-0.3, -0.25) is 4.79 Å². The lowest BCUT2D eigenvalue weighted by Gasteiger charge is -2.11. The molecule has 35 heavy (non-hydrogen) atoms. The number of nitrogens with zero attached hydrogens (tertiary/aromatic N) is 1. The van der Waals surface area contributed by atoms with E-state index in [0.29, 0.717) is 5.92 Å². The molecule has 4 aromatic rings. The Kier molecular flexibility index (Phi) is 6.12. The number of aliphatic carboxylic acids is 1. The molecule has 1 atom stereocenters. The van der Waals surface area contributed by atoms with Crippen LogP contribution < -0.4 is 0 Å². The molecule has 0 saturated heterocycles. The van der Waals surface area contributed by atoms with Crippen molar-refractivity contribution in [3.63, 3.8) is 0 Å². The van der Waals surface area contributed by atoms with E-state index in [1.165, 1.54) is 5.56 Å². The summed E-state index contributed by atoms with van der Waals surface area (Å²) in [4.78, 5) is 11.6. The lowest BCUT2D eigenvalue weighted by molar-refractivity contribution is -0.140. The number of hydrogen-bond donors (Lipinski definition) is 1. The molecule has 0 spiro atoms. The number of carboxylic acid groups (broad SMARTS) is 1. The van der Waals surface area contributed by atoms with E-state index in [1.54, 1.807) is 0 Å². The fraction of sp³-hybridized carbons (Fsp3) is 0.226. The minimum atomic E-state index is -0.726. The van der Waals surface area contributed by atoms with Crippen molar-refractivity contribution in [1.29, 1.82) is 0 Å². The summed E-state index contributed by atoms with van der Waals surface area (Å²) >= 11 is 0. The molecule has 1 saturated carbocycles. The number of carboxylic acids is 1. The summed E-state index contributed by atoms with van der Waals surface area (Å²) in [6.07, 6.45) is 6.68. The Morgan fingerprint density at radius 1 is 0.971 bits per heavy atom.